The normalized spacial score (nSPS) is 19.2. The Balaban J connectivity index is 0.00000242. The van der Waals surface area contributed by atoms with Gasteiger partial charge in [0.1, 0.15) is 12.1 Å². The fraction of sp³-hybridized carbons (Fsp3) is 0.667. The molecule has 0 saturated carbocycles. The lowest BCUT2D eigenvalue weighted by molar-refractivity contribution is -0.122. The van der Waals surface area contributed by atoms with Crippen molar-refractivity contribution in [1.82, 2.24) is 15.3 Å². The van der Waals surface area contributed by atoms with E-state index in [1.54, 1.807) is 6.33 Å². The Morgan fingerprint density at radius 1 is 1.55 bits per heavy atom. The van der Waals surface area contributed by atoms with Crippen LogP contribution in [0.15, 0.2) is 12.4 Å². The van der Waals surface area contributed by atoms with Crippen LogP contribution in [0.3, 0.4) is 0 Å². The molecule has 0 spiro atoms. The first-order valence-electron chi connectivity index (χ1n) is 7.69. The molecule has 3 N–H and O–H groups in total. The van der Waals surface area contributed by atoms with Crippen molar-refractivity contribution in [2.75, 3.05) is 18.0 Å². The number of hydrogen-bond donors (Lipinski definition) is 2. The third-order valence-electron chi connectivity index (χ3n) is 3.69. The molecule has 0 aromatic carbocycles. The molecule has 1 saturated heterocycles. The van der Waals surface area contributed by atoms with Crippen LogP contribution in [-0.4, -0.2) is 41.0 Å². The smallest absolute Gasteiger partial charge is 0.221 e. The van der Waals surface area contributed by atoms with Crippen molar-refractivity contribution in [3.8, 4) is 0 Å². The van der Waals surface area contributed by atoms with E-state index < -0.39 is 0 Å². The molecular weight excluding hydrogens is 302 g/mol. The van der Waals surface area contributed by atoms with Crippen LogP contribution in [0.5, 0.6) is 0 Å². The van der Waals surface area contributed by atoms with Gasteiger partial charge in [0.25, 0.3) is 0 Å². The van der Waals surface area contributed by atoms with E-state index in [2.05, 4.69) is 27.1 Å². The van der Waals surface area contributed by atoms with E-state index in [0.29, 0.717) is 6.42 Å². The van der Waals surface area contributed by atoms with Crippen LogP contribution in [0.2, 0.25) is 0 Å². The van der Waals surface area contributed by atoms with E-state index in [0.717, 1.165) is 43.9 Å². The van der Waals surface area contributed by atoms with Gasteiger partial charge in [-0.2, -0.15) is 0 Å². The first kappa shape index (κ1) is 18.6. The van der Waals surface area contributed by atoms with Gasteiger partial charge < -0.3 is 16.0 Å². The Bertz CT molecular complexity index is 483. The van der Waals surface area contributed by atoms with Crippen molar-refractivity contribution in [3.05, 3.63) is 18.1 Å². The van der Waals surface area contributed by atoms with Crippen LogP contribution in [0.1, 0.15) is 38.8 Å². The molecule has 124 valence electrons. The highest BCUT2D eigenvalue weighted by atomic mass is 35.5. The molecule has 1 aliphatic rings. The minimum atomic E-state index is -0.0985. The average molecular weight is 328 g/mol. The molecule has 0 aliphatic carbocycles. The van der Waals surface area contributed by atoms with Crippen molar-refractivity contribution >= 4 is 24.1 Å². The molecular formula is C15H26ClN5O. The summed E-state index contributed by atoms with van der Waals surface area (Å²) in [5, 5.41) is 3.07. The lowest BCUT2D eigenvalue weighted by atomic mass is 10.0. The molecule has 0 radical (unpaired) electrons. The zero-order chi connectivity index (χ0) is 15.2. The lowest BCUT2D eigenvalue weighted by Gasteiger charge is -2.34. The third kappa shape index (κ3) is 5.42. The molecule has 1 aromatic heterocycles. The summed E-state index contributed by atoms with van der Waals surface area (Å²) in [6, 6.07) is 2.11. The van der Waals surface area contributed by atoms with Crippen LogP contribution >= 0.6 is 12.4 Å². The van der Waals surface area contributed by atoms with Crippen LogP contribution < -0.4 is 16.0 Å². The Morgan fingerprint density at radius 2 is 2.32 bits per heavy atom. The summed E-state index contributed by atoms with van der Waals surface area (Å²) >= 11 is 0. The molecule has 2 rings (SSSR count). The third-order valence-corrected chi connectivity index (χ3v) is 3.69. The molecule has 2 heterocycles. The van der Waals surface area contributed by atoms with E-state index >= 15 is 0 Å². The van der Waals surface area contributed by atoms with Gasteiger partial charge in [0.05, 0.1) is 0 Å². The second-order valence-electron chi connectivity index (χ2n) is 5.76. The minimum absolute atomic E-state index is 0. The Hall–Kier alpha value is -1.40. The summed E-state index contributed by atoms with van der Waals surface area (Å²) in [6.45, 7) is 5.70. The molecule has 1 fully saturated rings. The summed E-state index contributed by atoms with van der Waals surface area (Å²) in [6.07, 6.45) is 4.95. The summed E-state index contributed by atoms with van der Waals surface area (Å²) in [5.41, 5.74) is 6.71. The molecule has 2 unspecified atom stereocenters. The number of nitrogens with zero attached hydrogens (tertiary/aromatic N) is 3. The van der Waals surface area contributed by atoms with Crippen LogP contribution in [0.25, 0.3) is 0 Å². The number of piperidine rings is 1. The number of carbonyl (C=O) groups is 1. The van der Waals surface area contributed by atoms with Gasteiger partial charge in [0.2, 0.25) is 5.91 Å². The highest BCUT2D eigenvalue weighted by Crippen LogP contribution is 2.18. The monoisotopic (exact) mass is 327 g/mol. The predicted octanol–water partition coefficient (Wildman–Crippen LogP) is 1.28. The number of aromatic nitrogens is 2. The van der Waals surface area contributed by atoms with Crippen molar-refractivity contribution < 1.29 is 4.79 Å². The fourth-order valence-electron chi connectivity index (χ4n) is 2.63. The van der Waals surface area contributed by atoms with E-state index in [1.165, 1.54) is 0 Å². The highest BCUT2D eigenvalue weighted by Gasteiger charge is 2.22. The van der Waals surface area contributed by atoms with Gasteiger partial charge >= 0.3 is 0 Å². The molecule has 7 heteroatoms. The van der Waals surface area contributed by atoms with Crippen molar-refractivity contribution in [2.24, 2.45) is 5.73 Å². The second-order valence-corrected chi connectivity index (χ2v) is 5.76. The van der Waals surface area contributed by atoms with Crippen LogP contribution in [0.4, 0.5) is 5.82 Å². The number of amides is 1. The van der Waals surface area contributed by atoms with Gasteiger partial charge in [-0.1, -0.05) is 6.92 Å². The summed E-state index contributed by atoms with van der Waals surface area (Å²) in [7, 11) is 0. The number of nitrogens with two attached hydrogens (primary N) is 1. The van der Waals surface area contributed by atoms with Crippen molar-refractivity contribution in [3.63, 3.8) is 0 Å². The van der Waals surface area contributed by atoms with Gasteiger partial charge in [-0.3, -0.25) is 4.79 Å². The molecule has 2 atom stereocenters. The number of anilines is 1. The molecule has 22 heavy (non-hydrogen) atoms. The molecule has 1 amide bonds. The standard InChI is InChI=1S/C15H25N5O.ClH/c1-3-12-8-14(18-10-17-12)20-6-4-5-13(9-20)19-15(21)7-11(2)16;/h8,10-11,13H,3-7,9,16H2,1-2H3,(H,19,21);1H. The average Bonchev–Trinajstić information content (AvgIpc) is 2.46. The quantitative estimate of drug-likeness (QED) is 0.851. The number of carbonyl (C=O) groups excluding carboxylic acids is 1. The maximum atomic E-state index is 11.8. The van der Waals surface area contributed by atoms with E-state index in [9.17, 15) is 4.79 Å². The number of aryl methyl sites for hydroxylation is 1. The predicted molar refractivity (Wildman–Crippen MR) is 90.3 cm³/mol. The summed E-state index contributed by atoms with van der Waals surface area (Å²) in [5.74, 6) is 0.988. The first-order chi connectivity index (χ1) is 10.1. The minimum Gasteiger partial charge on any atom is -0.354 e. The lowest BCUT2D eigenvalue weighted by Crippen LogP contribution is -2.48. The van der Waals surface area contributed by atoms with E-state index in [-0.39, 0.29) is 30.4 Å². The Kier molecular flexibility index (Phi) is 7.55. The molecule has 1 aromatic rings. The van der Waals surface area contributed by atoms with E-state index in [4.69, 9.17) is 5.73 Å². The van der Waals surface area contributed by atoms with Crippen LogP contribution in [0, 0.1) is 0 Å². The Morgan fingerprint density at radius 3 is 3.00 bits per heavy atom. The topological polar surface area (TPSA) is 84.1 Å². The maximum Gasteiger partial charge on any atom is 0.221 e. The SMILES string of the molecule is CCc1cc(N2CCCC(NC(=O)CC(C)N)C2)ncn1.Cl. The summed E-state index contributed by atoms with van der Waals surface area (Å²) < 4.78 is 0. The van der Waals surface area contributed by atoms with Crippen molar-refractivity contribution in [2.45, 2.75) is 51.6 Å². The molecule has 6 nitrogen and oxygen atoms in total. The molecule has 0 bridgehead atoms. The Labute approximate surface area is 138 Å². The number of nitrogens with one attached hydrogen (secondary N) is 1. The van der Waals surface area contributed by atoms with Crippen LogP contribution in [-0.2, 0) is 11.2 Å². The van der Waals surface area contributed by atoms with Crippen molar-refractivity contribution in [1.29, 1.82) is 0 Å². The zero-order valence-electron chi connectivity index (χ0n) is 13.3. The number of hydrogen-bond acceptors (Lipinski definition) is 5. The zero-order valence-corrected chi connectivity index (χ0v) is 14.1. The second kappa shape index (κ2) is 8.90. The molecule has 1 aliphatic heterocycles. The number of halogens is 1. The summed E-state index contributed by atoms with van der Waals surface area (Å²) in [4.78, 5) is 22.6. The number of rotatable bonds is 5. The van der Waals surface area contributed by atoms with Gasteiger partial charge in [-0.05, 0) is 26.2 Å². The fourth-order valence-corrected chi connectivity index (χ4v) is 2.63. The first-order valence-corrected chi connectivity index (χ1v) is 7.69. The largest absolute Gasteiger partial charge is 0.354 e. The van der Waals surface area contributed by atoms with Gasteiger partial charge in [-0.25, -0.2) is 9.97 Å². The highest BCUT2D eigenvalue weighted by molar-refractivity contribution is 5.85. The van der Waals surface area contributed by atoms with Gasteiger partial charge in [0, 0.05) is 43.4 Å². The van der Waals surface area contributed by atoms with Gasteiger partial charge in [-0.15, -0.1) is 12.4 Å². The maximum absolute atomic E-state index is 11.8. The van der Waals surface area contributed by atoms with Gasteiger partial charge in [0.15, 0.2) is 0 Å². The van der Waals surface area contributed by atoms with E-state index in [1.807, 2.05) is 13.0 Å².